The van der Waals surface area contributed by atoms with Crippen molar-refractivity contribution in [2.24, 2.45) is 0 Å². The summed E-state index contributed by atoms with van der Waals surface area (Å²) in [6.45, 7) is 4.83. The van der Waals surface area contributed by atoms with Crippen LogP contribution in [0.2, 0.25) is 0 Å². The SMILES string of the molecule is CCOc1ccc(NC(=O)c2ccc(OC)c(COc3ccccc3C)c2)cc1. The quantitative estimate of drug-likeness (QED) is 0.571. The molecule has 5 heteroatoms. The van der Waals surface area contributed by atoms with Crippen molar-refractivity contribution in [1.29, 1.82) is 0 Å². The first-order chi connectivity index (χ1) is 14.1. The highest BCUT2D eigenvalue weighted by atomic mass is 16.5. The summed E-state index contributed by atoms with van der Waals surface area (Å²) in [5, 5.41) is 2.90. The van der Waals surface area contributed by atoms with Crippen molar-refractivity contribution in [1.82, 2.24) is 0 Å². The fraction of sp³-hybridized carbons (Fsp3) is 0.208. The fourth-order valence-electron chi connectivity index (χ4n) is 2.91. The summed E-state index contributed by atoms with van der Waals surface area (Å²) in [4.78, 5) is 12.7. The number of hydrogen-bond donors (Lipinski definition) is 1. The molecule has 0 bridgehead atoms. The Balaban J connectivity index is 1.73. The summed E-state index contributed by atoms with van der Waals surface area (Å²) in [6.07, 6.45) is 0. The fourth-order valence-corrected chi connectivity index (χ4v) is 2.91. The second-order valence-corrected chi connectivity index (χ2v) is 6.49. The van der Waals surface area contributed by atoms with Gasteiger partial charge in [0.2, 0.25) is 0 Å². The van der Waals surface area contributed by atoms with Crippen LogP contribution in [0.1, 0.15) is 28.4 Å². The van der Waals surface area contributed by atoms with Gasteiger partial charge in [-0.3, -0.25) is 4.79 Å². The molecule has 0 aromatic heterocycles. The summed E-state index contributed by atoms with van der Waals surface area (Å²) in [5.41, 5.74) is 3.08. The number of hydrogen-bond acceptors (Lipinski definition) is 4. The zero-order valence-corrected chi connectivity index (χ0v) is 16.9. The highest BCUT2D eigenvalue weighted by Crippen LogP contribution is 2.24. The van der Waals surface area contributed by atoms with Crippen LogP contribution in [0, 0.1) is 6.92 Å². The predicted octanol–water partition coefficient (Wildman–Crippen LogP) is 5.23. The van der Waals surface area contributed by atoms with Gasteiger partial charge >= 0.3 is 0 Å². The molecule has 29 heavy (non-hydrogen) atoms. The number of carbonyl (C=O) groups excluding carboxylic acids is 1. The van der Waals surface area contributed by atoms with Crippen LogP contribution in [0.25, 0.3) is 0 Å². The molecular weight excluding hydrogens is 366 g/mol. The van der Waals surface area contributed by atoms with Gasteiger partial charge in [-0.2, -0.15) is 0 Å². The largest absolute Gasteiger partial charge is 0.496 e. The Bertz CT molecular complexity index is 967. The Morgan fingerprint density at radius 2 is 1.69 bits per heavy atom. The molecule has 0 aliphatic carbocycles. The normalized spacial score (nSPS) is 10.3. The number of para-hydroxylation sites is 1. The van der Waals surface area contributed by atoms with Gasteiger partial charge in [0, 0.05) is 16.8 Å². The van der Waals surface area contributed by atoms with Crippen LogP contribution in [0.5, 0.6) is 17.2 Å². The molecule has 0 heterocycles. The van der Waals surface area contributed by atoms with E-state index in [0.717, 1.165) is 22.6 Å². The number of amides is 1. The van der Waals surface area contributed by atoms with Gasteiger partial charge in [-0.05, 0) is 67.9 Å². The topological polar surface area (TPSA) is 56.8 Å². The molecule has 0 aliphatic rings. The lowest BCUT2D eigenvalue weighted by molar-refractivity contribution is 0.102. The lowest BCUT2D eigenvalue weighted by Crippen LogP contribution is -2.13. The van der Waals surface area contributed by atoms with E-state index < -0.39 is 0 Å². The maximum Gasteiger partial charge on any atom is 0.255 e. The summed E-state index contributed by atoms with van der Waals surface area (Å²) in [7, 11) is 1.60. The van der Waals surface area contributed by atoms with Crippen molar-refractivity contribution < 1.29 is 19.0 Å². The number of carbonyl (C=O) groups is 1. The van der Waals surface area contributed by atoms with Gasteiger partial charge in [-0.25, -0.2) is 0 Å². The van der Waals surface area contributed by atoms with E-state index in [9.17, 15) is 4.79 Å². The first-order valence-electron chi connectivity index (χ1n) is 9.50. The number of methoxy groups -OCH3 is 1. The Hall–Kier alpha value is -3.47. The van der Waals surface area contributed by atoms with Crippen molar-refractivity contribution in [3.05, 3.63) is 83.4 Å². The Morgan fingerprint density at radius 1 is 0.931 bits per heavy atom. The van der Waals surface area contributed by atoms with E-state index in [2.05, 4.69) is 5.32 Å². The van der Waals surface area contributed by atoms with Gasteiger partial charge in [0.1, 0.15) is 23.9 Å². The van der Waals surface area contributed by atoms with Crippen molar-refractivity contribution in [2.75, 3.05) is 19.0 Å². The zero-order chi connectivity index (χ0) is 20.6. The molecule has 5 nitrogen and oxygen atoms in total. The van der Waals surface area contributed by atoms with Gasteiger partial charge in [0.25, 0.3) is 5.91 Å². The van der Waals surface area contributed by atoms with E-state index in [1.807, 2.05) is 62.4 Å². The molecule has 0 saturated heterocycles. The molecule has 3 aromatic rings. The van der Waals surface area contributed by atoms with Crippen LogP contribution in [0.4, 0.5) is 5.69 Å². The minimum atomic E-state index is -0.200. The summed E-state index contributed by atoms with van der Waals surface area (Å²) in [6, 6.07) is 20.4. The van der Waals surface area contributed by atoms with Crippen LogP contribution >= 0.6 is 0 Å². The summed E-state index contributed by atoms with van der Waals surface area (Å²) in [5.74, 6) is 2.05. The summed E-state index contributed by atoms with van der Waals surface area (Å²) < 4.78 is 16.8. The Labute approximate surface area is 171 Å². The van der Waals surface area contributed by atoms with Crippen molar-refractivity contribution in [3.8, 4) is 17.2 Å². The van der Waals surface area contributed by atoms with Gasteiger partial charge in [-0.15, -0.1) is 0 Å². The number of benzene rings is 3. The monoisotopic (exact) mass is 391 g/mol. The number of nitrogens with one attached hydrogen (secondary N) is 1. The molecule has 0 fully saturated rings. The lowest BCUT2D eigenvalue weighted by atomic mass is 10.1. The Morgan fingerprint density at radius 3 is 2.38 bits per heavy atom. The lowest BCUT2D eigenvalue weighted by Gasteiger charge is -2.13. The smallest absolute Gasteiger partial charge is 0.255 e. The second-order valence-electron chi connectivity index (χ2n) is 6.49. The average Bonchev–Trinajstić information content (AvgIpc) is 2.74. The van der Waals surface area contributed by atoms with Crippen molar-refractivity contribution in [3.63, 3.8) is 0 Å². The molecule has 0 spiro atoms. The number of aryl methyl sites for hydroxylation is 1. The zero-order valence-electron chi connectivity index (χ0n) is 16.9. The molecule has 0 saturated carbocycles. The van der Waals surface area contributed by atoms with E-state index in [1.54, 1.807) is 25.3 Å². The number of anilines is 1. The first-order valence-corrected chi connectivity index (χ1v) is 9.50. The van der Waals surface area contributed by atoms with E-state index in [-0.39, 0.29) is 5.91 Å². The maximum absolute atomic E-state index is 12.7. The van der Waals surface area contributed by atoms with Crippen LogP contribution in [-0.2, 0) is 6.61 Å². The Kier molecular flexibility index (Phi) is 6.74. The van der Waals surface area contributed by atoms with Gasteiger partial charge in [0.15, 0.2) is 0 Å². The van der Waals surface area contributed by atoms with Crippen LogP contribution in [0.3, 0.4) is 0 Å². The van der Waals surface area contributed by atoms with E-state index in [0.29, 0.717) is 30.2 Å². The molecule has 1 amide bonds. The first kappa shape index (κ1) is 20.3. The molecular formula is C24H25NO4. The third-order valence-electron chi connectivity index (χ3n) is 4.44. The third kappa shape index (κ3) is 5.29. The van der Waals surface area contributed by atoms with Gasteiger partial charge in [0.05, 0.1) is 13.7 Å². The van der Waals surface area contributed by atoms with Gasteiger partial charge < -0.3 is 19.5 Å². The van der Waals surface area contributed by atoms with Crippen molar-refractivity contribution in [2.45, 2.75) is 20.5 Å². The molecule has 0 radical (unpaired) electrons. The number of rotatable bonds is 8. The van der Waals surface area contributed by atoms with Crippen LogP contribution < -0.4 is 19.5 Å². The average molecular weight is 391 g/mol. The maximum atomic E-state index is 12.7. The van der Waals surface area contributed by atoms with E-state index in [1.165, 1.54) is 0 Å². The van der Waals surface area contributed by atoms with E-state index >= 15 is 0 Å². The van der Waals surface area contributed by atoms with Gasteiger partial charge in [-0.1, -0.05) is 18.2 Å². The molecule has 0 aliphatic heterocycles. The highest BCUT2D eigenvalue weighted by molar-refractivity contribution is 6.04. The molecule has 0 unspecified atom stereocenters. The molecule has 1 N–H and O–H groups in total. The third-order valence-corrected chi connectivity index (χ3v) is 4.44. The standard InChI is InChI=1S/C24H25NO4/c1-4-28-21-12-10-20(11-13-21)25-24(26)18-9-14-23(27-3)19(15-18)16-29-22-8-6-5-7-17(22)2/h5-15H,4,16H2,1-3H3,(H,25,26). The van der Waals surface area contributed by atoms with E-state index in [4.69, 9.17) is 14.2 Å². The molecule has 3 aromatic carbocycles. The van der Waals surface area contributed by atoms with Crippen LogP contribution in [-0.4, -0.2) is 19.6 Å². The second kappa shape index (κ2) is 9.64. The molecule has 3 rings (SSSR count). The van der Waals surface area contributed by atoms with Crippen LogP contribution in [0.15, 0.2) is 66.7 Å². The molecule has 0 atom stereocenters. The predicted molar refractivity (Wildman–Crippen MR) is 114 cm³/mol. The number of ether oxygens (including phenoxy) is 3. The highest BCUT2D eigenvalue weighted by Gasteiger charge is 2.12. The summed E-state index contributed by atoms with van der Waals surface area (Å²) >= 11 is 0. The minimum Gasteiger partial charge on any atom is -0.496 e. The molecule has 150 valence electrons. The van der Waals surface area contributed by atoms with Crippen molar-refractivity contribution >= 4 is 11.6 Å². The minimum absolute atomic E-state index is 0.200.